The maximum Gasteiger partial charge on any atom is 0.405 e. The molecule has 0 aliphatic carbocycles. The van der Waals surface area contributed by atoms with E-state index in [1.165, 1.54) is 5.32 Å². The van der Waals surface area contributed by atoms with E-state index >= 15 is 0 Å². The van der Waals surface area contributed by atoms with Crippen molar-refractivity contribution in [3.63, 3.8) is 0 Å². The van der Waals surface area contributed by atoms with Gasteiger partial charge < -0.3 is 5.32 Å². The quantitative estimate of drug-likeness (QED) is 0.518. The van der Waals surface area contributed by atoms with E-state index in [1.54, 1.807) is 0 Å². The third kappa shape index (κ3) is 5.90. The van der Waals surface area contributed by atoms with Crippen LogP contribution in [0.4, 0.5) is 17.6 Å². The molecule has 0 saturated carbocycles. The molecule has 1 unspecified atom stereocenters. The fourth-order valence-corrected chi connectivity index (χ4v) is 0.342. The molecule has 0 aromatic rings. The van der Waals surface area contributed by atoms with Crippen molar-refractivity contribution in [3.8, 4) is 0 Å². The maximum absolute atomic E-state index is 11.7. The van der Waals surface area contributed by atoms with Crippen LogP contribution in [0.15, 0.2) is 0 Å². The smallest absolute Gasteiger partial charge is 0.343 e. The average Bonchev–Trinajstić information content (AvgIpc) is 1.80. The normalized spacial score (nSPS) is 14.3. The number of carbonyl (C=O) groups excluding carboxylic acids is 1. The van der Waals surface area contributed by atoms with Gasteiger partial charge in [0.15, 0.2) is 0 Å². The van der Waals surface area contributed by atoms with E-state index in [4.69, 9.17) is 0 Å². The molecule has 0 aliphatic heterocycles. The molecule has 0 rings (SSSR count). The van der Waals surface area contributed by atoms with Gasteiger partial charge >= 0.3 is 6.18 Å². The number of hydrogen-bond donors (Lipinski definition) is 1. The second kappa shape index (κ2) is 3.75. The Labute approximate surface area is 64.5 Å². The predicted octanol–water partition coefficient (Wildman–Crippen LogP) is 1.20. The summed E-state index contributed by atoms with van der Waals surface area (Å²) < 4.78 is 45.6. The van der Waals surface area contributed by atoms with E-state index in [0.717, 1.165) is 0 Å². The molecular weight excluding hydrogens is 189 g/mol. The van der Waals surface area contributed by atoms with Crippen molar-refractivity contribution in [2.24, 2.45) is 0 Å². The lowest BCUT2D eigenvalue weighted by molar-refractivity contribution is -0.139. The summed E-state index contributed by atoms with van der Waals surface area (Å²) in [6, 6.07) is 0. The summed E-state index contributed by atoms with van der Waals surface area (Å²) in [4.78, 5) is 10.1. The third-order valence-electron chi connectivity index (χ3n) is 0.661. The second-order valence-corrected chi connectivity index (χ2v) is 2.02. The van der Waals surface area contributed by atoms with Crippen molar-refractivity contribution in [1.29, 1.82) is 0 Å². The lowest BCUT2D eigenvalue weighted by Gasteiger charge is -2.07. The number of halogens is 5. The molecule has 66 valence electrons. The summed E-state index contributed by atoms with van der Waals surface area (Å²) in [5.74, 6) is -1.48. The molecule has 0 aromatic heterocycles. The zero-order valence-corrected chi connectivity index (χ0v) is 5.84. The van der Waals surface area contributed by atoms with E-state index < -0.39 is 24.3 Å². The van der Waals surface area contributed by atoms with Crippen LogP contribution >= 0.6 is 11.6 Å². The van der Waals surface area contributed by atoms with E-state index in [9.17, 15) is 22.4 Å². The molecule has 0 saturated heterocycles. The lowest BCUT2D eigenvalue weighted by Crippen LogP contribution is -2.36. The van der Waals surface area contributed by atoms with E-state index in [1.807, 2.05) is 0 Å². The van der Waals surface area contributed by atoms with Gasteiger partial charge in [-0.25, -0.2) is 4.39 Å². The van der Waals surface area contributed by atoms with Gasteiger partial charge in [-0.15, -0.1) is 0 Å². The van der Waals surface area contributed by atoms with Gasteiger partial charge in [0, 0.05) is 0 Å². The van der Waals surface area contributed by atoms with Gasteiger partial charge in [-0.1, -0.05) is 11.6 Å². The number of nitrogens with one attached hydrogen (secondary N) is 1. The fraction of sp³-hybridized carbons (Fsp3) is 0.750. The van der Waals surface area contributed by atoms with Gasteiger partial charge in [0.05, 0.1) is 0 Å². The van der Waals surface area contributed by atoms with E-state index in [-0.39, 0.29) is 0 Å². The zero-order chi connectivity index (χ0) is 9.07. The Hall–Kier alpha value is -0.520. The van der Waals surface area contributed by atoms with Crippen molar-refractivity contribution in [3.05, 3.63) is 0 Å². The number of hydrogen-bond acceptors (Lipinski definition) is 1. The van der Waals surface area contributed by atoms with Crippen molar-refractivity contribution in [2.45, 2.75) is 11.8 Å². The highest BCUT2D eigenvalue weighted by atomic mass is 35.5. The summed E-state index contributed by atoms with van der Waals surface area (Å²) in [6.07, 6.45) is -4.54. The van der Waals surface area contributed by atoms with Crippen molar-refractivity contribution < 1.29 is 22.4 Å². The third-order valence-corrected chi connectivity index (χ3v) is 0.859. The minimum Gasteiger partial charge on any atom is -0.343 e. The molecule has 11 heavy (non-hydrogen) atoms. The summed E-state index contributed by atoms with van der Waals surface area (Å²) in [5, 5.41) is 1.25. The first-order valence-electron chi connectivity index (χ1n) is 2.45. The molecule has 2 nitrogen and oxygen atoms in total. The first kappa shape index (κ1) is 10.5. The highest BCUT2D eigenvalue weighted by molar-refractivity contribution is 6.29. The van der Waals surface area contributed by atoms with E-state index in [0.29, 0.717) is 0 Å². The molecule has 7 heteroatoms. The van der Waals surface area contributed by atoms with Crippen LogP contribution in [0.3, 0.4) is 0 Å². The van der Waals surface area contributed by atoms with Gasteiger partial charge in [-0.05, 0) is 0 Å². The van der Waals surface area contributed by atoms with Gasteiger partial charge in [0.1, 0.15) is 6.54 Å². The van der Waals surface area contributed by atoms with Crippen molar-refractivity contribution in [2.75, 3.05) is 6.54 Å². The molecule has 0 spiro atoms. The Morgan fingerprint density at radius 2 is 2.00 bits per heavy atom. The second-order valence-electron chi connectivity index (χ2n) is 1.63. The topological polar surface area (TPSA) is 29.1 Å². The minimum absolute atomic E-state index is 1.25. The fourth-order valence-electron chi connectivity index (χ4n) is 0.264. The number of carbonyl (C=O) groups is 1. The van der Waals surface area contributed by atoms with Crippen LogP contribution in [0, 0.1) is 0 Å². The predicted molar refractivity (Wildman–Crippen MR) is 29.8 cm³/mol. The molecule has 0 radical (unpaired) electrons. The molecule has 1 atom stereocenters. The average molecular weight is 194 g/mol. The summed E-state index contributed by atoms with van der Waals surface area (Å²) in [5.41, 5.74) is -2.43. The van der Waals surface area contributed by atoms with Crippen LogP contribution in [0.25, 0.3) is 0 Å². The molecule has 0 aromatic carbocycles. The standard InChI is InChI=1S/C4H4ClF4NO/c5-2(6)3(11)10-1-4(7,8)9/h2H,1H2,(H,10,11). The van der Waals surface area contributed by atoms with Crippen LogP contribution < -0.4 is 5.32 Å². The maximum atomic E-state index is 11.7. The molecule has 0 fully saturated rings. The van der Waals surface area contributed by atoms with Crippen LogP contribution in [0.2, 0.25) is 0 Å². The minimum atomic E-state index is -4.54. The monoisotopic (exact) mass is 193 g/mol. The zero-order valence-electron chi connectivity index (χ0n) is 5.08. The number of amides is 1. The van der Waals surface area contributed by atoms with Gasteiger partial charge in [0.2, 0.25) is 0 Å². The molecule has 1 N–H and O–H groups in total. The molecule has 0 heterocycles. The van der Waals surface area contributed by atoms with Crippen LogP contribution in [-0.4, -0.2) is 24.3 Å². The highest BCUT2D eigenvalue weighted by Crippen LogP contribution is 2.12. The first-order valence-corrected chi connectivity index (χ1v) is 2.89. The van der Waals surface area contributed by atoms with Crippen molar-refractivity contribution in [1.82, 2.24) is 5.32 Å². The van der Waals surface area contributed by atoms with Gasteiger partial charge in [0.25, 0.3) is 11.5 Å². The Balaban J connectivity index is 3.64. The highest BCUT2D eigenvalue weighted by Gasteiger charge is 2.28. The molecule has 0 bridgehead atoms. The van der Waals surface area contributed by atoms with Gasteiger partial charge in [-0.3, -0.25) is 4.79 Å². The summed E-state index contributed by atoms with van der Waals surface area (Å²) in [7, 11) is 0. The van der Waals surface area contributed by atoms with Crippen LogP contribution in [0.5, 0.6) is 0 Å². The Kier molecular flexibility index (Phi) is 3.57. The largest absolute Gasteiger partial charge is 0.405 e. The number of alkyl halides is 5. The lowest BCUT2D eigenvalue weighted by atomic mass is 10.6. The Morgan fingerprint density at radius 1 is 1.55 bits per heavy atom. The van der Waals surface area contributed by atoms with E-state index in [2.05, 4.69) is 11.6 Å². The number of rotatable bonds is 2. The first-order chi connectivity index (χ1) is 4.83. The molecule has 0 aliphatic rings. The molecular formula is C4H4ClF4NO. The van der Waals surface area contributed by atoms with Crippen molar-refractivity contribution >= 4 is 17.5 Å². The SMILES string of the molecule is O=C(NCC(F)(F)F)C(F)Cl. The van der Waals surface area contributed by atoms with Gasteiger partial charge in [-0.2, -0.15) is 13.2 Å². The Bertz CT molecular complexity index is 146. The van der Waals surface area contributed by atoms with Crippen LogP contribution in [-0.2, 0) is 4.79 Å². The molecule has 1 amide bonds. The van der Waals surface area contributed by atoms with Crippen LogP contribution in [0.1, 0.15) is 0 Å². The summed E-state index contributed by atoms with van der Waals surface area (Å²) >= 11 is 4.51. The summed E-state index contributed by atoms with van der Waals surface area (Å²) in [6.45, 7) is -1.57. The Morgan fingerprint density at radius 3 is 2.27 bits per heavy atom.